The number of ether oxygens (including phenoxy) is 2. The van der Waals surface area contributed by atoms with Crippen molar-refractivity contribution in [2.75, 3.05) is 14.2 Å². The summed E-state index contributed by atoms with van der Waals surface area (Å²) in [7, 11) is 3.03. The van der Waals surface area contributed by atoms with Crippen LogP contribution in [0.4, 0.5) is 0 Å². The van der Waals surface area contributed by atoms with Gasteiger partial charge in [0.05, 0.1) is 25.4 Å². The Hall–Kier alpha value is -1.98. The second-order valence-corrected chi connectivity index (χ2v) is 9.47. The van der Waals surface area contributed by atoms with E-state index in [4.69, 9.17) is 18.8 Å². The second-order valence-electron chi connectivity index (χ2n) is 9.47. The number of hydrogen-bond acceptors (Lipinski definition) is 4. The van der Waals surface area contributed by atoms with E-state index in [0.29, 0.717) is 5.92 Å². The van der Waals surface area contributed by atoms with Crippen molar-refractivity contribution in [1.82, 2.24) is 0 Å². The fourth-order valence-corrected chi connectivity index (χ4v) is 4.27. The van der Waals surface area contributed by atoms with Crippen molar-refractivity contribution in [2.24, 2.45) is 5.92 Å². The first-order valence-electron chi connectivity index (χ1n) is 10.7. The number of hydrogen-bond donors (Lipinski definition) is 0. The molecule has 4 nitrogen and oxygen atoms in total. The van der Waals surface area contributed by atoms with E-state index in [-0.39, 0.29) is 18.9 Å². The monoisotopic (exact) mass is 410 g/mol. The summed E-state index contributed by atoms with van der Waals surface area (Å²) in [6.45, 7) is 12.9. The SMILES string of the molecule is COc1cccc(C(B2OC(C)(C)C(C)(C)O2)C(c2cccc(OC)c2)C(C)C)c1. The molecule has 0 spiro atoms. The van der Waals surface area contributed by atoms with Crippen LogP contribution in [0.5, 0.6) is 11.5 Å². The van der Waals surface area contributed by atoms with Gasteiger partial charge < -0.3 is 18.8 Å². The molecule has 0 bridgehead atoms. The molecule has 0 radical (unpaired) electrons. The summed E-state index contributed by atoms with van der Waals surface area (Å²) >= 11 is 0. The van der Waals surface area contributed by atoms with Crippen molar-refractivity contribution < 1.29 is 18.8 Å². The Labute approximate surface area is 182 Å². The summed E-state index contributed by atoms with van der Waals surface area (Å²) in [5.41, 5.74) is 1.57. The van der Waals surface area contributed by atoms with Crippen molar-refractivity contribution in [3.63, 3.8) is 0 Å². The molecule has 0 amide bonds. The van der Waals surface area contributed by atoms with Crippen LogP contribution in [0.25, 0.3) is 0 Å². The van der Waals surface area contributed by atoms with Crippen molar-refractivity contribution in [3.8, 4) is 11.5 Å². The summed E-state index contributed by atoms with van der Waals surface area (Å²) < 4.78 is 24.2. The maximum atomic E-state index is 6.57. The predicted molar refractivity (Wildman–Crippen MR) is 122 cm³/mol. The second kappa shape index (κ2) is 8.64. The first-order valence-corrected chi connectivity index (χ1v) is 10.7. The van der Waals surface area contributed by atoms with Crippen LogP contribution in [0, 0.1) is 5.92 Å². The largest absolute Gasteiger partial charge is 0.497 e. The molecule has 3 rings (SSSR count). The van der Waals surface area contributed by atoms with Crippen molar-refractivity contribution >= 4 is 7.12 Å². The molecule has 0 saturated carbocycles. The fraction of sp³-hybridized carbons (Fsp3) is 0.520. The minimum Gasteiger partial charge on any atom is -0.497 e. The van der Waals surface area contributed by atoms with Gasteiger partial charge in [-0.15, -0.1) is 0 Å². The standard InChI is InChI=1S/C25H35BO4/c1-17(2)22(18-11-9-13-20(15-18)27-7)23(19-12-10-14-21(16-19)28-8)26-29-24(3,4)25(5,6)30-26/h9-17,22-23H,1-8H3. The Morgan fingerprint density at radius 2 is 1.23 bits per heavy atom. The Morgan fingerprint density at radius 1 is 0.767 bits per heavy atom. The predicted octanol–water partition coefficient (Wildman–Crippen LogP) is 5.86. The Kier molecular flexibility index (Phi) is 6.54. The average molecular weight is 410 g/mol. The van der Waals surface area contributed by atoms with Crippen molar-refractivity contribution in [1.29, 1.82) is 0 Å². The minimum absolute atomic E-state index is 0.00624. The average Bonchev–Trinajstić information content (AvgIpc) is 2.92. The highest BCUT2D eigenvalue weighted by Gasteiger charge is 2.55. The molecule has 0 aromatic heterocycles. The van der Waals surface area contributed by atoms with Gasteiger partial charge in [-0.05, 0) is 74.9 Å². The number of methoxy groups -OCH3 is 2. The molecule has 2 unspecified atom stereocenters. The number of rotatable bonds is 7. The van der Waals surface area contributed by atoms with E-state index < -0.39 is 11.2 Å². The molecule has 1 fully saturated rings. The first-order chi connectivity index (χ1) is 14.1. The van der Waals surface area contributed by atoms with E-state index in [1.807, 2.05) is 18.2 Å². The summed E-state index contributed by atoms with van der Waals surface area (Å²) in [5, 5.41) is 0. The molecule has 2 aromatic carbocycles. The lowest BCUT2D eigenvalue weighted by Gasteiger charge is -2.33. The van der Waals surface area contributed by atoms with Crippen LogP contribution >= 0.6 is 0 Å². The van der Waals surface area contributed by atoms with E-state index >= 15 is 0 Å². The third-order valence-electron chi connectivity index (χ3n) is 6.63. The molecule has 0 aliphatic carbocycles. The van der Waals surface area contributed by atoms with Gasteiger partial charge in [-0.1, -0.05) is 38.1 Å². The van der Waals surface area contributed by atoms with Crippen LogP contribution in [-0.4, -0.2) is 32.5 Å². The van der Waals surface area contributed by atoms with Gasteiger partial charge >= 0.3 is 7.12 Å². The quantitative estimate of drug-likeness (QED) is 0.536. The molecule has 1 aliphatic heterocycles. The molecule has 30 heavy (non-hydrogen) atoms. The highest BCUT2D eigenvalue weighted by Crippen LogP contribution is 2.48. The zero-order chi connectivity index (χ0) is 22.1. The van der Waals surface area contributed by atoms with E-state index in [2.05, 4.69) is 71.9 Å². The van der Waals surface area contributed by atoms with Gasteiger partial charge in [-0.25, -0.2) is 0 Å². The van der Waals surface area contributed by atoms with Gasteiger partial charge in [-0.2, -0.15) is 0 Å². The molecular weight excluding hydrogens is 375 g/mol. The Bertz CT molecular complexity index is 846. The molecule has 2 atom stereocenters. The maximum absolute atomic E-state index is 6.57. The summed E-state index contributed by atoms with van der Waals surface area (Å²) in [6, 6.07) is 16.6. The van der Waals surface area contributed by atoms with E-state index in [9.17, 15) is 0 Å². The molecule has 1 aliphatic rings. The normalized spacial score (nSPS) is 19.6. The smallest absolute Gasteiger partial charge is 0.466 e. The summed E-state index contributed by atoms with van der Waals surface area (Å²) in [4.78, 5) is 0. The van der Waals surface area contributed by atoms with Gasteiger partial charge in [0, 0.05) is 5.82 Å². The molecule has 162 valence electrons. The lowest BCUT2D eigenvalue weighted by atomic mass is 9.57. The maximum Gasteiger partial charge on any atom is 0.466 e. The van der Waals surface area contributed by atoms with E-state index in [1.54, 1.807) is 14.2 Å². The van der Waals surface area contributed by atoms with Gasteiger partial charge in [-0.3, -0.25) is 0 Å². The van der Waals surface area contributed by atoms with Gasteiger partial charge in [0.25, 0.3) is 0 Å². The molecule has 1 saturated heterocycles. The first kappa shape index (κ1) is 22.7. The van der Waals surface area contributed by atoms with Crippen LogP contribution in [0.3, 0.4) is 0 Å². The Morgan fingerprint density at radius 3 is 1.70 bits per heavy atom. The molecule has 5 heteroatoms. The van der Waals surface area contributed by atoms with Crippen LogP contribution in [0.2, 0.25) is 0 Å². The lowest BCUT2D eigenvalue weighted by molar-refractivity contribution is 0.00578. The van der Waals surface area contributed by atoms with Crippen LogP contribution in [-0.2, 0) is 9.31 Å². The third-order valence-corrected chi connectivity index (χ3v) is 6.63. The topological polar surface area (TPSA) is 36.9 Å². The zero-order valence-corrected chi connectivity index (χ0v) is 19.6. The molecule has 2 aromatic rings. The van der Waals surface area contributed by atoms with Crippen molar-refractivity contribution in [3.05, 3.63) is 59.7 Å². The highest BCUT2D eigenvalue weighted by atomic mass is 16.7. The van der Waals surface area contributed by atoms with Crippen molar-refractivity contribution in [2.45, 2.75) is 64.5 Å². The van der Waals surface area contributed by atoms with Crippen LogP contribution in [0.1, 0.15) is 64.4 Å². The van der Waals surface area contributed by atoms with Gasteiger partial charge in [0.1, 0.15) is 11.5 Å². The molecular formula is C25H35BO4. The van der Waals surface area contributed by atoms with Gasteiger partial charge in [0.15, 0.2) is 0 Å². The third kappa shape index (κ3) is 4.38. The fourth-order valence-electron chi connectivity index (χ4n) is 4.27. The van der Waals surface area contributed by atoms with E-state index in [1.165, 1.54) is 5.56 Å². The molecule has 0 N–H and O–H groups in total. The summed E-state index contributed by atoms with van der Waals surface area (Å²) in [5.74, 6) is 2.21. The lowest BCUT2D eigenvalue weighted by Crippen LogP contribution is -2.41. The highest BCUT2D eigenvalue weighted by molar-refractivity contribution is 6.48. The summed E-state index contributed by atoms with van der Waals surface area (Å²) in [6.07, 6.45) is 0. The number of benzene rings is 2. The van der Waals surface area contributed by atoms with Gasteiger partial charge in [0.2, 0.25) is 0 Å². The minimum atomic E-state index is -0.398. The zero-order valence-electron chi connectivity index (χ0n) is 19.6. The molecule has 1 heterocycles. The van der Waals surface area contributed by atoms with Crippen LogP contribution < -0.4 is 9.47 Å². The van der Waals surface area contributed by atoms with Crippen LogP contribution in [0.15, 0.2) is 48.5 Å². The van der Waals surface area contributed by atoms with E-state index in [0.717, 1.165) is 17.1 Å². The Balaban J connectivity index is 2.14.